The van der Waals surface area contributed by atoms with Gasteiger partial charge in [0.15, 0.2) is 5.43 Å². The number of fused-ring (bicyclic) bond motifs is 2. The molecule has 26 heavy (non-hydrogen) atoms. The second-order valence-corrected chi connectivity index (χ2v) is 6.28. The van der Waals surface area contributed by atoms with E-state index in [0.29, 0.717) is 30.3 Å². The molecule has 1 aromatic heterocycles. The summed E-state index contributed by atoms with van der Waals surface area (Å²) in [6.45, 7) is 2.91. The first-order valence-electron chi connectivity index (χ1n) is 8.98. The fourth-order valence-corrected chi connectivity index (χ4v) is 3.29. The first-order valence-corrected chi connectivity index (χ1v) is 8.98. The van der Waals surface area contributed by atoms with Gasteiger partial charge in [-0.3, -0.25) is 9.59 Å². The lowest BCUT2D eigenvalue weighted by Gasteiger charge is -2.15. The van der Waals surface area contributed by atoms with Crippen LogP contribution in [0.1, 0.15) is 32.6 Å². The Bertz CT molecular complexity index is 994. The molecule has 0 fully saturated rings. The number of pyridine rings is 1. The summed E-state index contributed by atoms with van der Waals surface area (Å²) in [6.07, 6.45) is 2.93. The Hall–Kier alpha value is -2.69. The molecule has 3 rings (SSSR count). The number of unbranched alkanes of at least 4 members (excludes halogenated alkanes) is 2. The SMILES string of the molecule is CCOC(=O)CCCCCn1c2ccccc2c(=O)c2cc(F)ccc21. The van der Waals surface area contributed by atoms with Crippen LogP contribution in [0.3, 0.4) is 0 Å². The quantitative estimate of drug-likeness (QED) is 0.358. The zero-order valence-electron chi connectivity index (χ0n) is 14.8. The summed E-state index contributed by atoms with van der Waals surface area (Å²) in [5.41, 5.74) is 1.44. The largest absolute Gasteiger partial charge is 0.466 e. The number of ether oxygens (including phenoxy) is 1. The maximum atomic E-state index is 13.6. The number of nitrogens with zero attached hydrogens (tertiary/aromatic N) is 1. The molecule has 0 radical (unpaired) electrons. The fraction of sp³-hybridized carbons (Fsp3) is 0.333. The van der Waals surface area contributed by atoms with Crippen LogP contribution in [0.5, 0.6) is 0 Å². The molecule has 0 aliphatic rings. The number of rotatable bonds is 7. The number of para-hydroxylation sites is 1. The molecule has 0 saturated heterocycles. The molecular formula is C21H22FNO3. The van der Waals surface area contributed by atoms with Crippen molar-refractivity contribution in [3.63, 3.8) is 0 Å². The topological polar surface area (TPSA) is 48.3 Å². The molecule has 0 atom stereocenters. The Balaban J connectivity index is 1.85. The Kier molecular flexibility index (Phi) is 5.66. The van der Waals surface area contributed by atoms with Crippen molar-refractivity contribution in [2.45, 2.75) is 39.2 Å². The Morgan fingerprint density at radius 1 is 1.04 bits per heavy atom. The molecule has 3 aromatic rings. The Labute approximate surface area is 151 Å². The standard InChI is InChI=1S/C21H22FNO3/c1-2-26-20(24)10-4-3-7-13-23-18-9-6-5-8-16(18)21(25)17-14-15(22)11-12-19(17)23/h5-6,8-9,11-12,14H,2-4,7,10,13H2,1H3. The highest BCUT2D eigenvalue weighted by Crippen LogP contribution is 2.21. The van der Waals surface area contributed by atoms with Gasteiger partial charge in [-0.05, 0) is 50.1 Å². The molecule has 0 N–H and O–H groups in total. The van der Waals surface area contributed by atoms with Crippen molar-refractivity contribution in [1.29, 1.82) is 0 Å². The first kappa shape index (κ1) is 18.1. The summed E-state index contributed by atoms with van der Waals surface area (Å²) in [5.74, 6) is -0.576. The van der Waals surface area contributed by atoms with Crippen molar-refractivity contribution in [3.8, 4) is 0 Å². The highest BCUT2D eigenvalue weighted by molar-refractivity contribution is 5.93. The fourth-order valence-electron chi connectivity index (χ4n) is 3.29. The maximum Gasteiger partial charge on any atom is 0.305 e. The molecule has 4 nitrogen and oxygen atoms in total. The van der Waals surface area contributed by atoms with Crippen LogP contribution in [-0.4, -0.2) is 17.1 Å². The first-order chi connectivity index (χ1) is 12.6. The lowest BCUT2D eigenvalue weighted by molar-refractivity contribution is -0.143. The number of esters is 1. The smallest absolute Gasteiger partial charge is 0.305 e. The molecule has 2 aromatic carbocycles. The van der Waals surface area contributed by atoms with E-state index in [0.717, 1.165) is 30.3 Å². The van der Waals surface area contributed by atoms with Crippen LogP contribution >= 0.6 is 0 Å². The molecule has 0 saturated carbocycles. The molecule has 5 heteroatoms. The zero-order valence-corrected chi connectivity index (χ0v) is 14.8. The van der Waals surface area contributed by atoms with Gasteiger partial charge in [0.05, 0.1) is 17.6 Å². The number of carbonyl (C=O) groups is 1. The van der Waals surface area contributed by atoms with Crippen molar-refractivity contribution >= 4 is 27.8 Å². The molecular weight excluding hydrogens is 333 g/mol. The van der Waals surface area contributed by atoms with Crippen LogP contribution in [0, 0.1) is 5.82 Å². The van der Waals surface area contributed by atoms with Crippen LogP contribution in [-0.2, 0) is 16.1 Å². The molecule has 0 amide bonds. The third-order valence-electron chi connectivity index (χ3n) is 4.50. The average Bonchev–Trinajstić information content (AvgIpc) is 2.64. The number of hydrogen-bond acceptors (Lipinski definition) is 3. The Morgan fingerprint density at radius 3 is 2.62 bits per heavy atom. The summed E-state index contributed by atoms with van der Waals surface area (Å²) >= 11 is 0. The third kappa shape index (κ3) is 3.77. The maximum absolute atomic E-state index is 13.6. The highest BCUT2D eigenvalue weighted by Gasteiger charge is 2.11. The van der Waals surface area contributed by atoms with E-state index in [2.05, 4.69) is 4.57 Å². The minimum atomic E-state index is -0.411. The minimum absolute atomic E-state index is 0.145. The van der Waals surface area contributed by atoms with E-state index in [1.54, 1.807) is 19.1 Å². The summed E-state index contributed by atoms with van der Waals surface area (Å²) in [4.78, 5) is 24.1. The number of hydrogen-bond donors (Lipinski definition) is 0. The van der Waals surface area contributed by atoms with Gasteiger partial charge in [-0.25, -0.2) is 4.39 Å². The van der Waals surface area contributed by atoms with Crippen LogP contribution in [0.15, 0.2) is 47.3 Å². The number of aromatic nitrogens is 1. The van der Waals surface area contributed by atoms with Gasteiger partial charge in [-0.2, -0.15) is 0 Å². The van der Waals surface area contributed by atoms with E-state index in [1.165, 1.54) is 12.1 Å². The predicted octanol–water partition coefficient (Wildman–Crippen LogP) is 4.42. The average molecular weight is 355 g/mol. The molecule has 0 bridgehead atoms. The number of benzene rings is 2. The normalized spacial score (nSPS) is 11.2. The van der Waals surface area contributed by atoms with Crippen LogP contribution in [0.2, 0.25) is 0 Å². The van der Waals surface area contributed by atoms with E-state index in [9.17, 15) is 14.0 Å². The summed E-state index contributed by atoms with van der Waals surface area (Å²) in [7, 11) is 0. The summed E-state index contributed by atoms with van der Waals surface area (Å²) < 4.78 is 20.6. The lowest BCUT2D eigenvalue weighted by Crippen LogP contribution is -2.12. The zero-order chi connectivity index (χ0) is 18.5. The molecule has 0 spiro atoms. The van der Waals surface area contributed by atoms with Gasteiger partial charge in [0.1, 0.15) is 5.82 Å². The van der Waals surface area contributed by atoms with E-state index in [1.807, 2.05) is 18.2 Å². The van der Waals surface area contributed by atoms with E-state index in [4.69, 9.17) is 4.74 Å². The number of aryl methyl sites for hydroxylation is 1. The monoisotopic (exact) mass is 355 g/mol. The summed E-state index contributed by atoms with van der Waals surface area (Å²) in [5, 5.41) is 0.993. The van der Waals surface area contributed by atoms with Gasteiger partial charge in [0, 0.05) is 23.7 Å². The van der Waals surface area contributed by atoms with Crippen molar-refractivity contribution in [2.24, 2.45) is 0 Å². The highest BCUT2D eigenvalue weighted by atomic mass is 19.1. The second kappa shape index (κ2) is 8.13. The van der Waals surface area contributed by atoms with E-state index in [-0.39, 0.29) is 11.4 Å². The van der Waals surface area contributed by atoms with Gasteiger partial charge < -0.3 is 9.30 Å². The van der Waals surface area contributed by atoms with E-state index >= 15 is 0 Å². The van der Waals surface area contributed by atoms with Gasteiger partial charge in [-0.1, -0.05) is 18.6 Å². The van der Waals surface area contributed by atoms with Gasteiger partial charge in [0.25, 0.3) is 0 Å². The lowest BCUT2D eigenvalue weighted by atomic mass is 10.1. The second-order valence-electron chi connectivity index (χ2n) is 6.28. The molecule has 0 aliphatic carbocycles. The number of halogens is 1. The van der Waals surface area contributed by atoms with Crippen molar-refractivity contribution in [2.75, 3.05) is 6.61 Å². The van der Waals surface area contributed by atoms with Crippen molar-refractivity contribution < 1.29 is 13.9 Å². The minimum Gasteiger partial charge on any atom is -0.466 e. The predicted molar refractivity (Wildman–Crippen MR) is 101 cm³/mol. The van der Waals surface area contributed by atoms with Gasteiger partial charge in [-0.15, -0.1) is 0 Å². The van der Waals surface area contributed by atoms with Gasteiger partial charge >= 0.3 is 5.97 Å². The molecule has 136 valence electrons. The number of carbonyl (C=O) groups excluding carboxylic acids is 1. The van der Waals surface area contributed by atoms with E-state index < -0.39 is 5.82 Å². The molecule has 1 heterocycles. The summed E-state index contributed by atoms with van der Waals surface area (Å²) in [6, 6.07) is 11.8. The Morgan fingerprint density at radius 2 is 1.81 bits per heavy atom. The molecule has 0 unspecified atom stereocenters. The van der Waals surface area contributed by atoms with Gasteiger partial charge in [0.2, 0.25) is 0 Å². The molecule has 0 aliphatic heterocycles. The van der Waals surface area contributed by atoms with Crippen molar-refractivity contribution in [3.05, 3.63) is 58.5 Å². The van der Waals surface area contributed by atoms with Crippen molar-refractivity contribution in [1.82, 2.24) is 4.57 Å². The van der Waals surface area contributed by atoms with Crippen LogP contribution < -0.4 is 5.43 Å². The third-order valence-corrected chi connectivity index (χ3v) is 4.50. The van der Waals surface area contributed by atoms with Crippen LogP contribution in [0.25, 0.3) is 21.8 Å². The van der Waals surface area contributed by atoms with Crippen LogP contribution in [0.4, 0.5) is 4.39 Å².